The number of hydrogen-bond acceptors (Lipinski definition) is 7. The first kappa shape index (κ1) is 12.0. The van der Waals surface area contributed by atoms with Crippen molar-refractivity contribution in [1.29, 1.82) is 0 Å². The van der Waals surface area contributed by atoms with Crippen LogP contribution in [0.15, 0.2) is 11.4 Å². The Bertz CT molecular complexity index is 488. The highest BCUT2D eigenvalue weighted by Gasteiger charge is 2.09. The molecule has 0 fully saturated rings. The van der Waals surface area contributed by atoms with Gasteiger partial charge in [-0.1, -0.05) is 0 Å². The molecule has 0 aliphatic rings. The van der Waals surface area contributed by atoms with Crippen LogP contribution in [0.25, 0.3) is 10.2 Å². The second-order valence-electron chi connectivity index (χ2n) is 3.18. The number of thiophene rings is 1. The largest absolute Gasteiger partial charge is 0.475 e. The maximum atomic E-state index is 5.56. The Labute approximate surface area is 103 Å². The molecular weight excluding hydrogens is 240 g/mol. The molecule has 0 unspecified atom stereocenters. The molecule has 0 aliphatic heterocycles. The number of hydrazine groups is 1. The first-order valence-corrected chi connectivity index (χ1v) is 6.15. The van der Waals surface area contributed by atoms with Crippen molar-refractivity contribution in [3.63, 3.8) is 0 Å². The molecule has 6 nitrogen and oxygen atoms in total. The fourth-order valence-electron chi connectivity index (χ4n) is 1.34. The van der Waals surface area contributed by atoms with Crippen LogP contribution in [0.3, 0.4) is 0 Å². The highest BCUT2D eigenvalue weighted by molar-refractivity contribution is 7.16. The lowest BCUT2D eigenvalue weighted by atomic mass is 10.4. The molecule has 2 aromatic rings. The van der Waals surface area contributed by atoms with Gasteiger partial charge in [0.1, 0.15) is 11.4 Å². The molecule has 2 aromatic heterocycles. The zero-order valence-corrected chi connectivity index (χ0v) is 10.3. The van der Waals surface area contributed by atoms with Gasteiger partial charge < -0.3 is 9.47 Å². The maximum absolute atomic E-state index is 5.56. The van der Waals surface area contributed by atoms with E-state index in [1.54, 1.807) is 0 Å². The summed E-state index contributed by atoms with van der Waals surface area (Å²) in [6.45, 7) is 3.62. The molecule has 0 bridgehead atoms. The summed E-state index contributed by atoms with van der Waals surface area (Å²) in [6, 6.07) is 1.93. The molecule has 92 valence electrons. The summed E-state index contributed by atoms with van der Waals surface area (Å²) in [5.41, 5.74) is 2.42. The second-order valence-corrected chi connectivity index (χ2v) is 4.08. The summed E-state index contributed by atoms with van der Waals surface area (Å²) >= 11 is 1.52. The number of anilines is 1. The lowest BCUT2D eigenvalue weighted by Gasteiger charge is -2.07. The minimum Gasteiger partial charge on any atom is -0.475 e. The van der Waals surface area contributed by atoms with Gasteiger partial charge >= 0.3 is 0 Å². The first-order chi connectivity index (χ1) is 8.35. The number of fused-ring (bicyclic) bond motifs is 1. The van der Waals surface area contributed by atoms with E-state index in [0.717, 1.165) is 10.2 Å². The van der Waals surface area contributed by atoms with Crippen LogP contribution in [-0.4, -0.2) is 29.8 Å². The molecule has 3 N–H and O–H groups in total. The molecule has 17 heavy (non-hydrogen) atoms. The van der Waals surface area contributed by atoms with Crippen LogP contribution in [0.5, 0.6) is 5.88 Å². The van der Waals surface area contributed by atoms with Crippen LogP contribution >= 0.6 is 11.3 Å². The van der Waals surface area contributed by atoms with Gasteiger partial charge in [-0.2, -0.15) is 4.98 Å². The monoisotopic (exact) mass is 254 g/mol. The van der Waals surface area contributed by atoms with Gasteiger partial charge in [-0.25, -0.2) is 10.8 Å². The third kappa shape index (κ3) is 2.82. The third-order valence-corrected chi connectivity index (χ3v) is 2.90. The molecule has 0 saturated carbocycles. The molecule has 0 spiro atoms. The van der Waals surface area contributed by atoms with Crippen LogP contribution < -0.4 is 16.0 Å². The number of aromatic nitrogens is 2. The number of nitrogens with zero attached hydrogens (tertiary/aromatic N) is 2. The predicted octanol–water partition coefficient (Wildman–Crippen LogP) is 1.39. The fourth-order valence-corrected chi connectivity index (χ4v) is 2.10. The standard InChI is InChI=1S/C10H14N4O2S/c1-2-15-4-5-16-8-7-3-6-17-9(7)13-10(12-8)14-11/h3,6H,2,4-5,11H2,1H3,(H,12,13,14). The van der Waals surface area contributed by atoms with E-state index in [-0.39, 0.29) is 0 Å². The molecule has 0 saturated heterocycles. The van der Waals surface area contributed by atoms with E-state index in [9.17, 15) is 0 Å². The van der Waals surface area contributed by atoms with Crippen molar-refractivity contribution in [3.8, 4) is 5.88 Å². The number of nitrogens with two attached hydrogens (primary N) is 1. The van der Waals surface area contributed by atoms with Crippen LogP contribution in [-0.2, 0) is 4.74 Å². The fraction of sp³-hybridized carbons (Fsp3) is 0.400. The zero-order valence-electron chi connectivity index (χ0n) is 9.47. The van der Waals surface area contributed by atoms with Crippen LogP contribution in [0.2, 0.25) is 0 Å². The minimum atomic E-state index is 0.353. The van der Waals surface area contributed by atoms with Crippen molar-refractivity contribution in [2.45, 2.75) is 6.92 Å². The normalized spacial score (nSPS) is 10.7. The molecule has 0 radical (unpaired) electrons. The van der Waals surface area contributed by atoms with E-state index in [1.807, 2.05) is 18.4 Å². The van der Waals surface area contributed by atoms with Crippen LogP contribution in [0, 0.1) is 0 Å². The predicted molar refractivity (Wildman–Crippen MR) is 67.2 cm³/mol. The number of nitrogen functional groups attached to an aromatic ring is 1. The van der Waals surface area contributed by atoms with Crippen molar-refractivity contribution in [1.82, 2.24) is 9.97 Å². The summed E-state index contributed by atoms with van der Waals surface area (Å²) in [7, 11) is 0. The maximum Gasteiger partial charge on any atom is 0.241 e. The lowest BCUT2D eigenvalue weighted by Crippen LogP contribution is -2.12. The Morgan fingerprint density at radius 2 is 2.29 bits per heavy atom. The van der Waals surface area contributed by atoms with E-state index in [0.29, 0.717) is 31.6 Å². The van der Waals surface area contributed by atoms with E-state index in [2.05, 4.69) is 15.4 Å². The minimum absolute atomic E-state index is 0.353. The molecule has 0 aromatic carbocycles. The van der Waals surface area contributed by atoms with Crippen molar-refractivity contribution in [2.75, 3.05) is 25.2 Å². The quantitative estimate of drug-likeness (QED) is 0.460. The third-order valence-electron chi connectivity index (χ3n) is 2.09. The van der Waals surface area contributed by atoms with Crippen molar-refractivity contribution in [2.24, 2.45) is 5.84 Å². The SMILES string of the molecule is CCOCCOc1nc(NN)nc2sccc12. The average molecular weight is 254 g/mol. The van der Waals surface area contributed by atoms with E-state index < -0.39 is 0 Å². The Morgan fingerprint density at radius 1 is 1.41 bits per heavy atom. The summed E-state index contributed by atoms with van der Waals surface area (Å²) in [5, 5.41) is 2.83. The molecular formula is C10H14N4O2S. The molecule has 2 heterocycles. The lowest BCUT2D eigenvalue weighted by molar-refractivity contribution is 0.109. The summed E-state index contributed by atoms with van der Waals surface area (Å²) in [4.78, 5) is 9.24. The average Bonchev–Trinajstić information content (AvgIpc) is 2.82. The summed E-state index contributed by atoms with van der Waals surface area (Å²) < 4.78 is 10.8. The topological polar surface area (TPSA) is 82.3 Å². The Balaban J connectivity index is 2.16. The van der Waals surface area contributed by atoms with E-state index in [1.165, 1.54) is 11.3 Å². The van der Waals surface area contributed by atoms with Gasteiger partial charge in [-0.3, -0.25) is 5.43 Å². The number of ether oxygens (including phenoxy) is 2. The molecule has 2 rings (SSSR count). The van der Waals surface area contributed by atoms with Gasteiger partial charge in [-0.15, -0.1) is 11.3 Å². The summed E-state index contributed by atoms with van der Waals surface area (Å²) in [6.07, 6.45) is 0. The van der Waals surface area contributed by atoms with Gasteiger partial charge in [0.05, 0.1) is 12.0 Å². The molecule has 0 amide bonds. The summed E-state index contributed by atoms with van der Waals surface area (Å²) in [5.74, 6) is 6.19. The van der Waals surface area contributed by atoms with Crippen LogP contribution in [0.4, 0.5) is 5.95 Å². The van der Waals surface area contributed by atoms with Crippen LogP contribution in [0.1, 0.15) is 6.92 Å². The number of hydrogen-bond donors (Lipinski definition) is 2. The highest BCUT2D eigenvalue weighted by Crippen LogP contribution is 2.27. The van der Waals surface area contributed by atoms with Gasteiger partial charge in [0.25, 0.3) is 0 Å². The van der Waals surface area contributed by atoms with Crippen molar-refractivity contribution in [3.05, 3.63) is 11.4 Å². The van der Waals surface area contributed by atoms with E-state index >= 15 is 0 Å². The Kier molecular flexibility index (Phi) is 4.08. The Morgan fingerprint density at radius 3 is 3.06 bits per heavy atom. The van der Waals surface area contributed by atoms with Gasteiger partial charge in [0, 0.05) is 6.61 Å². The Hall–Kier alpha value is -1.44. The van der Waals surface area contributed by atoms with Gasteiger partial charge in [-0.05, 0) is 18.4 Å². The number of rotatable bonds is 6. The zero-order chi connectivity index (χ0) is 12.1. The molecule has 7 heteroatoms. The van der Waals surface area contributed by atoms with Crippen molar-refractivity contribution < 1.29 is 9.47 Å². The number of nitrogens with one attached hydrogen (secondary N) is 1. The first-order valence-electron chi connectivity index (χ1n) is 5.27. The second kappa shape index (κ2) is 5.76. The van der Waals surface area contributed by atoms with Crippen molar-refractivity contribution >= 4 is 27.5 Å². The van der Waals surface area contributed by atoms with Gasteiger partial charge in [0.2, 0.25) is 11.8 Å². The highest BCUT2D eigenvalue weighted by atomic mass is 32.1. The van der Waals surface area contributed by atoms with E-state index in [4.69, 9.17) is 15.3 Å². The van der Waals surface area contributed by atoms with Gasteiger partial charge in [0.15, 0.2) is 0 Å². The molecule has 0 atom stereocenters. The smallest absolute Gasteiger partial charge is 0.241 e. The molecule has 0 aliphatic carbocycles.